The first-order chi connectivity index (χ1) is 11.8. The number of nitrogens with zero attached hydrogens (tertiary/aromatic N) is 4. The Morgan fingerprint density at radius 3 is 2.48 bits per heavy atom. The minimum Gasteiger partial charge on any atom is -0.492 e. The zero-order chi connectivity index (χ0) is 18.2. The predicted molar refractivity (Wildman–Crippen MR) is 99.2 cm³/mol. The topological polar surface area (TPSA) is 73.9 Å². The van der Waals surface area contributed by atoms with Crippen LogP contribution in [0.4, 0.5) is 0 Å². The van der Waals surface area contributed by atoms with Crippen LogP contribution in [0.2, 0.25) is 0 Å². The molecule has 1 atom stereocenters. The summed E-state index contributed by atoms with van der Waals surface area (Å²) in [5.74, 6) is 0.104. The summed E-state index contributed by atoms with van der Waals surface area (Å²) in [4.78, 5) is 7.62. The van der Waals surface area contributed by atoms with E-state index in [9.17, 15) is 10.2 Å². The van der Waals surface area contributed by atoms with Crippen LogP contribution >= 0.6 is 11.3 Å². The van der Waals surface area contributed by atoms with Crippen LogP contribution in [0, 0.1) is 0 Å². The Labute approximate surface area is 151 Å². The Morgan fingerprint density at radius 1 is 1.24 bits per heavy atom. The summed E-state index contributed by atoms with van der Waals surface area (Å²) in [5.41, 5.74) is 2.40. The number of aliphatic hydroxyl groups is 1. The standard InChI is InChI=1S/C18H24N4O2S/c1-18(2,3)13-7-5-12(6-8-13)14(21(4)9-10-23)15-16(24)22-17(25-15)19-11-20-22/h5-8,11,14,23-24H,9-10H2,1-4H3. The van der Waals surface area contributed by atoms with Crippen molar-refractivity contribution in [3.63, 3.8) is 0 Å². The highest BCUT2D eigenvalue weighted by Crippen LogP contribution is 2.39. The van der Waals surface area contributed by atoms with Crippen LogP contribution in [0.1, 0.15) is 42.8 Å². The van der Waals surface area contributed by atoms with Gasteiger partial charge in [-0.2, -0.15) is 9.61 Å². The molecular formula is C18H24N4O2S. The average Bonchev–Trinajstić information content (AvgIpc) is 3.12. The van der Waals surface area contributed by atoms with Crippen molar-refractivity contribution in [2.45, 2.75) is 32.2 Å². The molecule has 0 aliphatic rings. The van der Waals surface area contributed by atoms with Crippen molar-refractivity contribution >= 4 is 16.3 Å². The molecule has 0 spiro atoms. The Morgan fingerprint density at radius 2 is 1.92 bits per heavy atom. The Hall–Kier alpha value is -1.96. The molecule has 1 aromatic carbocycles. The number of aromatic nitrogens is 3. The second kappa shape index (κ2) is 6.74. The van der Waals surface area contributed by atoms with E-state index < -0.39 is 0 Å². The fraction of sp³-hybridized carbons (Fsp3) is 0.444. The van der Waals surface area contributed by atoms with E-state index in [-0.39, 0.29) is 23.9 Å². The summed E-state index contributed by atoms with van der Waals surface area (Å²) in [7, 11) is 1.94. The second-order valence-corrected chi connectivity index (χ2v) is 8.23. The van der Waals surface area contributed by atoms with E-state index >= 15 is 0 Å². The SMILES string of the molecule is CN(CCO)C(c1ccc(C(C)(C)C)cc1)c1sc2ncnn2c1O. The lowest BCUT2D eigenvalue weighted by atomic mass is 9.86. The fourth-order valence-corrected chi connectivity index (χ4v) is 4.05. The molecule has 0 radical (unpaired) electrons. The molecule has 3 rings (SSSR count). The van der Waals surface area contributed by atoms with E-state index in [0.29, 0.717) is 11.5 Å². The first kappa shape index (κ1) is 17.8. The fourth-order valence-electron chi connectivity index (χ4n) is 2.93. The molecule has 2 N–H and O–H groups in total. The quantitative estimate of drug-likeness (QED) is 0.732. The minimum absolute atomic E-state index is 0.0502. The molecule has 0 fully saturated rings. The molecule has 2 heterocycles. The molecule has 0 aliphatic heterocycles. The van der Waals surface area contributed by atoms with Gasteiger partial charge in [0, 0.05) is 6.54 Å². The largest absolute Gasteiger partial charge is 0.492 e. The highest BCUT2D eigenvalue weighted by molar-refractivity contribution is 7.17. The van der Waals surface area contributed by atoms with Crippen molar-refractivity contribution in [1.82, 2.24) is 19.5 Å². The van der Waals surface area contributed by atoms with Crippen molar-refractivity contribution < 1.29 is 10.2 Å². The second-order valence-electron chi connectivity index (χ2n) is 7.22. The molecule has 7 heteroatoms. The molecule has 0 aliphatic carbocycles. The number of benzene rings is 1. The molecule has 0 bridgehead atoms. The molecule has 6 nitrogen and oxygen atoms in total. The summed E-state index contributed by atoms with van der Waals surface area (Å²) >= 11 is 1.41. The van der Waals surface area contributed by atoms with Crippen molar-refractivity contribution in [3.8, 4) is 5.88 Å². The number of likely N-dealkylation sites (N-methyl/N-ethyl adjacent to an activating group) is 1. The van der Waals surface area contributed by atoms with Crippen molar-refractivity contribution in [1.29, 1.82) is 0 Å². The highest BCUT2D eigenvalue weighted by atomic mass is 32.1. The van der Waals surface area contributed by atoms with E-state index in [4.69, 9.17) is 0 Å². The third-order valence-electron chi connectivity index (χ3n) is 4.37. The van der Waals surface area contributed by atoms with Crippen LogP contribution in [0.5, 0.6) is 5.88 Å². The van der Waals surface area contributed by atoms with Gasteiger partial charge in [0.2, 0.25) is 10.8 Å². The van der Waals surface area contributed by atoms with Gasteiger partial charge in [0.15, 0.2) is 0 Å². The van der Waals surface area contributed by atoms with Crippen LogP contribution in [0.25, 0.3) is 4.96 Å². The van der Waals surface area contributed by atoms with Gasteiger partial charge in [-0.1, -0.05) is 56.4 Å². The highest BCUT2D eigenvalue weighted by Gasteiger charge is 2.27. The van der Waals surface area contributed by atoms with Crippen LogP contribution in [0.15, 0.2) is 30.6 Å². The minimum atomic E-state index is -0.172. The molecule has 1 unspecified atom stereocenters. The number of hydrogen-bond acceptors (Lipinski definition) is 6. The number of hydrogen-bond donors (Lipinski definition) is 2. The normalized spacial score (nSPS) is 13.7. The third kappa shape index (κ3) is 3.40. The van der Waals surface area contributed by atoms with Gasteiger partial charge in [0.05, 0.1) is 17.5 Å². The molecular weight excluding hydrogens is 336 g/mol. The maximum atomic E-state index is 10.6. The van der Waals surface area contributed by atoms with Gasteiger partial charge < -0.3 is 10.2 Å². The average molecular weight is 360 g/mol. The van der Waals surface area contributed by atoms with Gasteiger partial charge in [-0.15, -0.1) is 0 Å². The maximum Gasteiger partial charge on any atom is 0.230 e. The van der Waals surface area contributed by atoms with Gasteiger partial charge in [-0.25, -0.2) is 4.98 Å². The monoisotopic (exact) mass is 360 g/mol. The van der Waals surface area contributed by atoms with Crippen LogP contribution in [-0.4, -0.2) is 49.9 Å². The summed E-state index contributed by atoms with van der Waals surface area (Å²) in [6.45, 7) is 7.10. The number of rotatable bonds is 5. The Balaban J connectivity index is 2.06. The zero-order valence-corrected chi connectivity index (χ0v) is 15.8. The predicted octanol–water partition coefficient (Wildman–Crippen LogP) is 2.81. The van der Waals surface area contributed by atoms with E-state index in [2.05, 4.69) is 55.1 Å². The number of aromatic hydroxyl groups is 1. The lowest BCUT2D eigenvalue weighted by molar-refractivity contribution is 0.196. The van der Waals surface area contributed by atoms with Gasteiger partial charge in [-0.3, -0.25) is 4.90 Å². The molecule has 25 heavy (non-hydrogen) atoms. The summed E-state index contributed by atoms with van der Waals surface area (Å²) in [6.07, 6.45) is 1.43. The molecule has 2 aromatic heterocycles. The van der Waals surface area contributed by atoms with Gasteiger partial charge in [0.25, 0.3) is 0 Å². The lowest BCUT2D eigenvalue weighted by Gasteiger charge is -2.28. The van der Waals surface area contributed by atoms with Crippen molar-refractivity contribution in [3.05, 3.63) is 46.6 Å². The summed E-state index contributed by atoms with van der Waals surface area (Å²) in [5, 5.41) is 24.0. The van der Waals surface area contributed by atoms with Crippen LogP contribution in [-0.2, 0) is 5.41 Å². The van der Waals surface area contributed by atoms with Crippen LogP contribution in [0.3, 0.4) is 0 Å². The number of fused-ring (bicyclic) bond motifs is 1. The van der Waals surface area contributed by atoms with E-state index in [1.54, 1.807) is 0 Å². The number of thiazole rings is 1. The molecule has 0 saturated heterocycles. The first-order valence-electron chi connectivity index (χ1n) is 8.26. The van der Waals surface area contributed by atoms with Crippen molar-refractivity contribution in [2.75, 3.05) is 20.2 Å². The van der Waals surface area contributed by atoms with Gasteiger partial charge >= 0.3 is 0 Å². The maximum absolute atomic E-state index is 10.6. The molecule has 134 valence electrons. The van der Waals surface area contributed by atoms with E-state index in [1.807, 2.05) is 11.9 Å². The van der Waals surface area contributed by atoms with Crippen LogP contribution < -0.4 is 0 Å². The Kier molecular flexibility index (Phi) is 4.81. The molecule has 0 amide bonds. The summed E-state index contributed by atoms with van der Waals surface area (Å²) < 4.78 is 1.45. The summed E-state index contributed by atoms with van der Waals surface area (Å²) in [6, 6.07) is 8.27. The van der Waals surface area contributed by atoms with E-state index in [0.717, 1.165) is 10.4 Å². The van der Waals surface area contributed by atoms with Crippen molar-refractivity contribution in [2.24, 2.45) is 0 Å². The van der Waals surface area contributed by atoms with Gasteiger partial charge in [0.1, 0.15) is 6.33 Å². The Bertz CT molecular complexity index is 848. The third-order valence-corrected chi connectivity index (χ3v) is 5.46. The lowest BCUT2D eigenvalue weighted by Crippen LogP contribution is -2.28. The first-order valence-corrected chi connectivity index (χ1v) is 9.07. The van der Waals surface area contributed by atoms with E-state index in [1.165, 1.54) is 27.7 Å². The smallest absolute Gasteiger partial charge is 0.230 e. The number of aliphatic hydroxyl groups excluding tert-OH is 1. The van der Waals surface area contributed by atoms with Gasteiger partial charge in [-0.05, 0) is 23.6 Å². The molecule has 0 saturated carbocycles. The molecule has 3 aromatic rings. The zero-order valence-electron chi connectivity index (χ0n) is 15.0.